The fourth-order valence-electron chi connectivity index (χ4n) is 3.33. The number of alkyl halides is 3. The first-order chi connectivity index (χ1) is 14.7. The van der Waals surface area contributed by atoms with E-state index in [4.69, 9.17) is 9.15 Å². The summed E-state index contributed by atoms with van der Waals surface area (Å²) in [5, 5.41) is 3.18. The predicted octanol–water partition coefficient (Wildman–Crippen LogP) is 5.18. The summed E-state index contributed by atoms with van der Waals surface area (Å²) in [5.74, 6) is 2.49. The number of imidazole rings is 1. The number of nitrogens with zero attached hydrogens (tertiary/aromatic N) is 4. The molecule has 1 N–H and O–H groups in total. The molecule has 0 bridgehead atoms. The minimum absolute atomic E-state index is 0.201. The van der Waals surface area contributed by atoms with Crippen LogP contribution in [0.1, 0.15) is 18.1 Å². The number of pyridine rings is 1. The van der Waals surface area contributed by atoms with Crippen molar-refractivity contribution in [2.45, 2.75) is 25.9 Å². The van der Waals surface area contributed by atoms with Crippen LogP contribution in [-0.4, -0.2) is 32.8 Å². The zero-order chi connectivity index (χ0) is 22.2. The van der Waals surface area contributed by atoms with Gasteiger partial charge in [-0.1, -0.05) is 0 Å². The molecule has 1 aromatic carbocycles. The molecular weight excluding hydrogens is 411 g/mol. The minimum Gasteiger partial charge on any atom is -0.496 e. The molecule has 0 saturated carbocycles. The molecule has 0 aliphatic carbocycles. The second kappa shape index (κ2) is 7.93. The van der Waals surface area contributed by atoms with Crippen molar-refractivity contribution in [3.05, 3.63) is 48.4 Å². The van der Waals surface area contributed by atoms with E-state index in [0.29, 0.717) is 45.8 Å². The Labute approximate surface area is 175 Å². The second-order valence-electron chi connectivity index (χ2n) is 7.01. The van der Waals surface area contributed by atoms with Crippen LogP contribution < -0.4 is 10.1 Å². The van der Waals surface area contributed by atoms with E-state index in [1.807, 2.05) is 12.1 Å². The van der Waals surface area contributed by atoms with Crippen molar-refractivity contribution in [2.24, 2.45) is 7.05 Å². The van der Waals surface area contributed by atoms with E-state index < -0.39 is 12.6 Å². The number of hydrogen-bond donors (Lipinski definition) is 1. The van der Waals surface area contributed by atoms with Gasteiger partial charge in [0.2, 0.25) is 0 Å². The van der Waals surface area contributed by atoms with Crippen LogP contribution in [-0.2, 0) is 13.5 Å². The first-order valence-corrected chi connectivity index (χ1v) is 9.50. The minimum atomic E-state index is -4.24. The molecule has 4 aromatic rings. The van der Waals surface area contributed by atoms with Gasteiger partial charge in [0, 0.05) is 38.3 Å². The largest absolute Gasteiger partial charge is 0.496 e. The first kappa shape index (κ1) is 20.7. The quantitative estimate of drug-likeness (QED) is 0.453. The summed E-state index contributed by atoms with van der Waals surface area (Å²) in [7, 11) is 3.25. The van der Waals surface area contributed by atoms with Gasteiger partial charge in [0.1, 0.15) is 17.1 Å². The zero-order valence-corrected chi connectivity index (χ0v) is 17.1. The van der Waals surface area contributed by atoms with Gasteiger partial charge < -0.3 is 19.0 Å². The summed E-state index contributed by atoms with van der Waals surface area (Å²) in [6.07, 6.45) is -2.16. The van der Waals surface area contributed by atoms with Crippen LogP contribution in [0.4, 0.5) is 24.7 Å². The maximum Gasteiger partial charge on any atom is 0.389 e. The van der Waals surface area contributed by atoms with E-state index in [-0.39, 0.29) is 6.42 Å². The Hall–Kier alpha value is -3.56. The maximum absolute atomic E-state index is 12.6. The molecular formula is C21H20F3N5O2. The Morgan fingerprint density at radius 1 is 1.19 bits per heavy atom. The Bertz CT molecular complexity index is 1230. The van der Waals surface area contributed by atoms with Crippen molar-refractivity contribution in [1.82, 2.24) is 19.5 Å². The predicted molar refractivity (Wildman–Crippen MR) is 109 cm³/mol. The van der Waals surface area contributed by atoms with Gasteiger partial charge in [-0.15, -0.1) is 0 Å². The average Bonchev–Trinajstić information content (AvgIpc) is 3.30. The van der Waals surface area contributed by atoms with Crippen LogP contribution in [0.2, 0.25) is 0 Å². The third-order valence-corrected chi connectivity index (χ3v) is 4.88. The number of hydrogen-bond acceptors (Lipinski definition) is 6. The number of anilines is 2. The van der Waals surface area contributed by atoms with E-state index in [1.54, 1.807) is 50.2 Å². The number of benzene rings is 1. The molecule has 162 valence electrons. The number of halogens is 3. The molecule has 0 unspecified atom stereocenters. The van der Waals surface area contributed by atoms with Gasteiger partial charge in [0.05, 0.1) is 30.8 Å². The summed E-state index contributed by atoms with van der Waals surface area (Å²) in [6, 6.07) is 7.15. The van der Waals surface area contributed by atoms with Gasteiger partial charge >= 0.3 is 6.18 Å². The van der Waals surface area contributed by atoms with Crippen LogP contribution in [0.15, 0.2) is 41.1 Å². The van der Waals surface area contributed by atoms with E-state index in [9.17, 15) is 13.2 Å². The van der Waals surface area contributed by atoms with Crippen LogP contribution in [0, 0.1) is 6.92 Å². The van der Waals surface area contributed by atoms with Crippen molar-refractivity contribution in [3.8, 4) is 17.1 Å². The highest BCUT2D eigenvalue weighted by atomic mass is 19.4. The van der Waals surface area contributed by atoms with Crippen LogP contribution >= 0.6 is 0 Å². The number of ether oxygens (including phenoxy) is 1. The highest BCUT2D eigenvalue weighted by molar-refractivity contribution is 5.88. The molecule has 7 nitrogen and oxygen atoms in total. The van der Waals surface area contributed by atoms with Crippen molar-refractivity contribution >= 4 is 22.5 Å². The molecule has 31 heavy (non-hydrogen) atoms. The van der Waals surface area contributed by atoms with Gasteiger partial charge in [-0.2, -0.15) is 13.2 Å². The van der Waals surface area contributed by atoms with E-state index in [0.717, 1.165) is 5.56 Å². The standard InChI is InChI=1S/C21H20F3N5O2/c1-12-26-11-17(31-12)14-5-4-13(10-16(14)30-3)27-20-19-15(7-9-25-20)29(2)18(28-19)6-8-21(22,23)24/h4-5,7,9-11H,6,8H2,1-3H3,(H,25,27). The summed E-state index contributed by atoms with van der Waals surface area (Å²) >= 11 is 0. The number of oxazole rings is 1. The summed E-state index contributed by atoms with van der Waals surface area (Å²) in [6.45, 7) is 1.76. The third-order valence-electron chi connectivity index (χ3n) is 4.88. The molecule has 0 radical (unpaired) electrons. The Balaban J connectivity index is 1.65. The van der Waals surface area contributed by atoms with Crippen LogP contribution in [0.5, 0.6) is 5.75 Å². The molecule has 3 aromatic heterocycles. The highest BCUT2D eigenvalue weighted by Gasteiger charge is 2.28. The molecule has 0 saturated heterocycles. The normalized spacial score (nSPS) is 11.8. The topological polar surface area (TPSA) is 78.0 Å². The highest BCUT2D eigenvalue weighted by Crippen LogP contribution is 2.34. The number of aryl methyl sites for hydroxylation is 3. The van der Waals surface area contributed by atoms with Gasteiger partial charge in [0.15, 0.2) is 17.5 Å². The average molecular weight is 431 g/mol. The lowest BCUT2D eigenvalue weighted by Gasteiger charge is -2.11. The van der Waals surface area contributed by atoms with Gasteiger partial charge in [-0.3, -0.25) is 0 Å². The maximum atomic E-state index is 12.6. The van der Waals surface area contributed by atoms with Gasteiger partial charge in [-0.25, -0.2) is 15.0 Å². The third kappa shape index (κ3) is 4.32. The van der Waals surface area contributed by atoms with Crippen LogP contribution in [0.3, 0.4) is 0 Å². The van der Waals surface area contributed by atoms with Gasteiger partial charge in [-0.05, 0) is 18.2 Å². The molecule has 0 aliphatic heterocycles. The molecule has 0 fully saturated rings. The second-order valence-corrected chi connectivity index (χ2v) is 7.01. The zero-order valence-electron chi connectivity index (χ0n) is 17.1. The number of rotatable bonds is 6. The summed E-state index contributed by atoms with van der Waals surface area (Å²) < 4.78 is 50.6. The van der Waals surface area contributed by atoms with Gasteiger partial charge in [0.25, 0.3) is 0 Å². The smallest absolute Gasteiger partial charge is 0.389 e. The number of fused-ring (bicyclic) bond motifs is 1. The number of nitrogens with one attached hydrogen (secondary N) is 1. The Kier molecular flexibility index (Phi) is 5.30. The molecule has 3 heterocycles. The van der Waals surface area contributed by atoms with Crippen molar-refractivity contribution < 1.29 is 22.3 Å². The lowest BCUT2D eigenvalue weighted by molar-refractivity contribution is -0.134. The van der Waals surface area contributed by atoms with Crippen molar-refractivity contribution in [3.63, 3.8) is 0 Å². The van der Waals surface area contributed by atoms with E-state index in [1.165, 1.54) is 0 Å². The SMILES string of the molecule is COc1cc(Nc2nccc3c2nc(CCC(F)(F)F)n3C)ccc1-c1cnc(C)o1. The Morgan fingerprint density at radius 2 is 2.00 bits per heavy atom. The van der Waals surface area contributed by atoms with Crippen molar-refractivity contribution in [1.29, 1.82) is 0 Å². The molecule has 4 rings (SSSR count). The van der Waals surface area contributed by atoms with E-state index >= 15 is 0 Å². The van der Waals surface area contributed by atoms with Crippen LogP contribution in [0.25, 0.3) is 22.4 Å². The monoisotopic (exact) mass is 431 g/mol. The van der Waals surface area contributed by atoms with E-state index in [2.05, 4.69) is 20.3 Å². The first-order valence-electron chi connectivity index (χ1n) is 9.50. The fourth-order valence-corrected chi connectivity index (χ4v) is 3.33. The van der Waals surface area contributed by atoms with Crippen molar-refractivity contribution in [2.75, 3.05) is 12.4 Å². The lowest BCUT2D eigenvalue weighted by atomic mass is 10.1. The summed E-state index contributed by atoms with van der Waals surface area (Å²) in [5.41, 5.74) is 2.61. The summed E-state index contributed by atoms with van der Waals surface area (Å²) in [4.78, 5) is 12.8. The molecule has 0 atom stereocenters. The molecule has 0 amide bonds. The number of aromatic nitrogens is 4. The lowest BCUT2D eigenvalue weighted by Crippen LogP contribution is -2.10. The molecule has 10 heteroatoms. The Morgan fingerprint density at radius 3 is 2.68 bits per heavy atom. The molecule has 0 spiro atoms. The molecule has 0 aliphatic rings. The fraction of sp³-hybridized carbons (Fsp3) is 0.286. The number of methoxy groups -OCH3 is 1.